The average molecular weight is 747 g/mol. The molecule has 2 bridgehead atoms. The quantitative estimate of drug-likeness (QED) is 0.282. The number of cyclic esters (lactones) is 1. The number of hydrogen-bond acceptors (Lipinski definition) is 11. The highest BCUT2D eigenvalue weighted by atomic mass is 35.5. The second-order valence-corrected chi connectivity index (χ2v) is 16.3. The third-order valence-electron chi connectivity index (χ3n) is 11.1. The molecule has 14 heteroatoms. The number of halogens is 2. The number of anilines is 1. The van der Waals surface area contributed by atoms with E-state index in [1.807, 2.05) is 53.6 Å². The molecule has 50 heavy (non-hydrogen) atoms. The van der Waals surface area contributed by atoms with Crippen LogP contribution in [-0.4, -0.2) is 107 Å². The van der Waals surface area contributed by atoms with Crippen molar-refractivity contribution < 1.29 is 43.5 Å². The van der Waals surface area contributed by atoms with Crippen LogP contribution >= 0.6 is 23.2 Å². The number of benzene rings is 1. The van der Waals surface area contributed by atoms with Crippen molar-refractivity contribution in [1.29, 1.82) is 0 Å². The summed E-state index contributed by atoms with van der Waals surface area (Å²) in [6, 6.07) is 3.78. The zero-order chi connectivity index (χ0) is 37.5. The van der Waals surface area contributed by atoms with Gasteiger partial charge in [-0.1, -0.05) is 50.9 Å². The maximum Gasteiger partial charge on any atom is 0.411 e. The van der Waals surface area contributed by atoms with Gasteiger partial charge in [0.05, 0.1) is 29.8 Å². The Morgan fingerprint density at radius 3 is 2.30 bits per heavy atom. The van der Waals surface area contributed by atoms with Gasteiger partial charge in [0.1, 0.15) is 23.9 Å². The number of nitrogens with zero attached hydrogens (tertiary/aromatic N) is 1. The summed E-state index contributed by atoms with van der Waals surface area (Å²) in [6.07, 6.45) is -5.55. The molecule has 0 radical (unpaired) electrons. The number of likely N-dealkylation sites (N-methyl/N-ethyl adjacent to an activating group) is 1. The lowest BCUT2D eigenvalue weighted by atomic mass is 9.75. The molecule has 1 aromatic rings. The lowest BCUT2D eigenvalue weighted by molar-refractivity contribution is -0.299. The van der Waals surface area contributed by atoms with Crippen LogP contribution in [0.3, 0.4) is 0 Å². The van der Waals surface area contributed by atoms with E-state index in [0.29, 0.717) is 22.9 Å². The van der Waals surface area contributed by atoms with E-state index in [9.17, 15) is 19.8 Å². The van der Waals surface area contributed by atoms with Crippen LogP contribution in [0.25, 0.3) is 0 Å². The molecule has 1 aromatic carbocycles. The molecule has 3 aliphatic heterocycles. The molecular weight excluding hydrogens is 689 g/mol. The highest BCUT2D eigenvalue weighted by Gasteiger charge is 2.57. The normalized spacial score (nSPS) is 43.0. The molecule has 0 saturated carbocycles. The van der Waals surface area contributed by atoms with Gasteiger partial charge in [-0.15, -0.1) is 0 Å². The highest BCUT2D eigenvalue weighted by molar-refractivity contribution is 6.35. The fourth-order valence-corrected chi connectivity index (χ4v) is 8.90. The number of fused-ring (bicyclic) bond motifs is 2. The first-order valence-corrected chi connectivity index (χ1v) is 18.4. The largest absolute Gasteiger partial charge is 0.459 e. The number of nitrogens with one attached hydrogen (secondary N) is 1. The fraction of sp³-hybridized carbons (Fsp3) is 0.778. The summed E-state index contributed by atoms with van der Waals surface area (Å²) >= 11 is 12.3. The van der Waals surface area contributed by atoms with Gasteiger partial charge in [0.15, 0.2) is 6.29 Å². The number of aliphatic hydroxyl groups is 2. The minimum absolute atomic E-state index is 0.124. The van der Waals surface area contributed by atoms with Crippen LogP contribution in [0.5, 0.6) is 0 Å². The molecule has 12 nitrogen and oxygen atoms in total. The van der Waals surface area contributed by atoms with Crippen molar-refractivity contribution >= 4 is 41.0 Å². The van der Waals surface area contributed by atoms with E-state index in [0.717, 1.165) is 0 Å². The van der Waals surface area contributed by atoms with E-state index < -0.39 is 71.8 Å². The van der Waals surface area contributed by atoms with E-state index in [1.165, 1.54) is 18.2 Å². The summed E-state index contributed by atoms with van der Waals surface area (Å²) in [7, 11) is 3.74. The Morgan fingerprint density at radius 2 is 1.72 bits per heavy atom. The standard InChI is InChI=1S/C36H57Cl2N3O9/c1-11-26-36(8)30(39)19(4)28(50-36)17(2)16-35(7,45)31(49-33-27(42)25(41(9)10)12-18(3)46-33)20(5)29(21(6)32(43)47-26)48-34(44)40-24-14-22(37)13-23(38)15-24/h13-15,17-21,25-31,33,42,45H,11-12,16,39H2,1-10H3,(H,40,44)/t17-,18-,19-,20+,21-,25+,26+,27-,28-,29+,30+,31-,33+,35+,36?/m1/s1. The molecule has 3 fully saturated rings. The van der Waals surface area contributed by atoms with Crippen LogP contribution < -0.4 is 11.1 Å². The van der Waals surface area contributed by atoms with Crippen LogP contribution in [0.15, 0.2) is 18.2 Å². The first-order chi connectivity index (χ1) is 23.2. The van der Waals surface area contributed by atoms with Crippen LogP contribution in [0, 0.1) is 23.7 Å². The topological polar surface area (TPSA) is 162 Å². The number of rotatable bonds is 6. The Morgan fingerprint density at radius 1 is 1.10 bits per heavy atom. The molecule has 1 amide bonds. The maximum absolute atomic E-state index is 14.1. The molecule has 0 aromatic heterocycles. The highest BCUT2D eigenvalue weighted by Crippen LogP contribution is 2.45. The molecule has 3 aliphatic rings. The molecule has 0 aliphatic carbocycles. The monoisotopic (exact) mass is 745 g/mol. The Bertz CT molecular complexity index is 1330. The molecule has 3 saturated heterocycles. The summed E-state index contributed by atoms with van der Waals surface area (Å²) in [4.78, 5) is 29.5. The van der Waals surface area contributed by atoms with Crippen molar-refractivity contribution in [2.45, 2.75) is 141 Å². The number of esters is 1. The first kappa shape index (κ1) is 41.0. The van der Waals surface area contributed by atoms with E-state index in [1.54, 1.807) is 20.8 Å². The Balaban J connectivity index is 1.79. The minimum Gasteiger partial charge on any atom is -0.459 e. The third kappa shape index (κ3) is 8.72. The molecule has 15 atom stereocenters. The second kappa shape index (κ2) is 16.1. The van der Waals surface area contributed by atoms with Crippen molar-refractivity contribution in [3.05, 3.63) is 28.2 Å². The van der Waals surface area contributed by atoms with Gasteiger partial charge in [-0.25, -0.2) is 4.79 Å². The van der Waals surface area contributed by atoms with E-state index in [2.05, 4.69) is 5.32 Å². The number of amides is 1. The van der Waals surface area contributed by atoms with Crippen molar-refractivity contribution in [3.8, 4) is 0 Å². The van der Waals surface area contributed by atoms with Crippen molar-refractivity contribution in [3.63, 3.8) is 0 Å². The van der Waals surface area contributed by atoms with Gasteiger partial charge in [-0.2, -0.15) is 0 Å². The van der Waals surface area contributed by atoms with Crippen molar-refractivity contribution in [1.82, 2.24) is 4.90 Å². The van der Waals surface area contributed by atoms with Gasteiger partial charge in [0.25, 0.3) is 0 Å². The molecule has 284 valence electrons. The van der Waals surface area contributed by atoms with Crippen LogP contribution in [-0.2, 0) is 28.5 Å². The van der Waals surface area contributed by atoms with Crippen LogP contribution in [0.2, 0.25) is 10.0 Å². The minimum atomic E-state index is -1.61. The average Bonchev–Trinajstić information content (AvgIpc) is 3.25. The van der Waals surface area contributed by atoms with E-state index >= 15 is 0 Å². The molecular formula is C36H57Cl2N3O9. The number of aliphatic hydroxyl groups excluding tert-OH is 1. The zero-order valence-corrected chi connectivity index (χ0v) is 32.4. The number of nitrogens with two attached hydrogens (primary N) is 1. The zero-order valence-electron chi connectivity index (χ0n) is 30.9. The number of carbonyl (C=O) groups excluding carboxylic acids is 2. The molecule has 0 spiro atoms. The van der Waals surface area contributed by atoms with E-state index in [-0.39, 0.29) is 42.2 Å². The maximum atomic E-state index is 14.1. The Hall–Kier alpha value is -1.74. The summed E-state index contributed by atoms with van der Waals surface area (Å²) in [5.74, 6) is -2.89. The van der Waals surface area contributed by atoms with Gasteiger partial charge in [-0.05, 0) is 85.2 Å². The summed E-state index contributed by atoms with van der Waals surface area (Å²) in [6.45, 7) is 14.6. The Labute approximate surface area is 306 Å². The number of carbonyl (C=O) groups is 2. The van der Waals surface area contributed by atoms with Crippen LogP contribution in [0.4, 0.5) is 10.5 Å². The number of ether oxygens (including phenoxy) is 5. The fourth-order valence-electron chi connectivity index (χ4n) is 8.37. The van der Waals surface area contributed by atoms with Gasteiger partial charge < -0.3 is 44.5 Å². The third-order valence-corrected chi connectivity index (χ3v) is 11.5. The lowest BCUT2D eigenvalue weighted by Gasteiger charge is -2.47. The number of hydrogen-bond donors (Lipinski definition) is 4. The van der Waals surface area contributed by atoms with Gasteiger partial charge in [-0.3, -0.25) is 10.1 Å². The van der Waals surface area contributed by atoms with Crippen molar-refractivity contribution in [2.24, 2.45) is 29.4 Å². The molecule has 1 unspecified atom stereocenters. The van der Waals surface area contributed by atoms with Gasteiger partial charge in [0.2, 0.25) is 0 Å². The lowest BCUT2D eigenvalue weighted by Crippen LogP contribution is -2.59. The molecule has 3 heterocycles. The summed E-state index contributed by atoms with van der Waals surface area (Å²) in [5.41, 5.74) is 4.46. The van der Waals surface area contributed by atoms with Crippen molar-refractivity contribution in [2.75, 3.05) is 19.4 Å². The predicted octanol–water partition coefficient (Wildman–Crippen LogP) is 5.23. The van der Waals surface area contributed by atoms with Gasteiger partial charge in [0, 0.05) is 39.7 Å². The van der Waals surface area contributed by atoms with E-state index in [4.69, 9.17) is 52.6 Å². The Kier molecular flexibility index (Phi) is 13.2. The van der Waals surface area contributed by atoms with Crippen LogP contribution in [0.1, 0.15) is 74.7 Å². The first-order valence-electron chi connectivity index (χ1n) is 17.7. The predicted molar refractivity (Wildman–Crippen MR) is 191 cm³/mol. The van der Waals surface area contributed by atoms with Gasteiger partial charge >= 0.3 is 12.1 Å². The SMILES string of the molecule is CC[C@@H]1OC(=O)[C@H](C)[C@@H](OC(=O)Nc2cc(Cl)cc(Cl)c2)[C@H](C)[C@@H](O[C@@H]2O[C@H](C)C[C@H](N(C)C)[C@H]2O)[C@@](C)(O)C[C@@H](C)[C@H]2OC1(C)[C@@H](N)[C@@H]2C. The second-order valence-electron chi connectivity index (χ2n) is 15.5. The summed E-state index contributed by atoms with van der Waals surface area (Å²) < 4.78 is 31.7. The summed E-state index contributed by atoms with van der Waals surface area (Å²) in [5, 5.41) is 27.2. The smallest absolute Gasteiger partial charge is 0.411 e. The molecule has 5 N–H and O–H groups in total. The molecule has 4 rings (SSSR count).